The molecule has 30 heavy (non-hydrogen) atoms. The molecule has 1 saturated heterocycles. The Bertz CT molecular complexity index is 1240. The van der Waals surface area contributed by atoms with E-state index in [0.29, 0.717) is 24.3 Å². The van der Waals surface area contributed by atoms with Gasteiger partial charge in [0, 0.05) is 49.1 Å². The lowest BCUT2D eigenvalue weighted by atomic mass is 9.93. The number of carbonyl (C=O) groups excluding carboxylic acids is 1. The molecule has 1 aliphatic heterocycles. The van der Waals surface area contributed by atoms with Crippen LogP contribution in [0.15, 0.2) is 71.8 Å². The van der Waals surface area contributed by atoms with Crippen molar-refractivity contribution in [2.75, 3.05) is 13.1 Å². The van der Waals surface area contributed by atoms with Crippen molar-refractivity contribution in [3.8, 4) is 11.3 Å². The van der Waals surface area contributed by atoms with Crippen molar-refractivity contribution in [3.05, 3.63) is 88.6 Å². The third-order valence-corrected chi connectivity index (χ3v) is 5.68. The number of nitrogens with zero attached hydrogens (tertiary/aromatic N) is 4. The molecule has 1 amide bonds. The Balaban J connectivity index is 1.36. The fourth-order valence-electron chi connectivity index (χ4n) is 4.04. The number of aromatic nitrogens is 4. The summed E-state index contributed by atoms with van der Waals surface area (Å²) < 4.78 is 1.48. The molecule has 0 bridgehead atoms. The van der Waals surface area contributed by atoms with E-state index in [9.17, 15) is 9.59 Å². The molecular weight excluding hydrogens is 378 g/mol. The van der Waals surface area contributed by atoms with E-state index >= 15 is 0 Å². The third kappa shape index (κ3) is 3.39. The van der Waals surface area contributed by atoms with Gasteiger partial charge in [-0.3, -0.25) is 19.7 Å². The molecule has 1 aliphatic rings. The van der Waals surface area contributed by atoms with Gasteiger partial charge >= 0.3 is 0 Å². The maximum absolute atomic E-state index is 12.7. The molecule has 0 spiro atoms. The number of amides is 1. The average Bonchev–Trinajstić information content (AvgIpc) is 3.25. The van der Waals surface area contributed by atoms with Crippen molar-refractivity contribution in [3.63, 3.8) is 0 Å². The monoisotopic (exact) mass is 399 g/mol. The second-order valence-corrected chi connectivity index (χ2v) is 7.55. The number of likely N-dealkylation sites (tertiary alicyclic amines) is 1. The Morgan fingerprint density at radius 1 is 1.00 bits per heavy atom. The van der Waals surface area contributed by atoms with Gasteiger partial charge in [-0.05, 0) is 30.5 Å². The van der Waals surface area contributed by atoms with Crippen molar-refractivity contribution >= 4 is 11.6 Å². The molecule has 150 valence electrons. The van der Waals surface area contributed by atoms with E-state index in [0.717, 1.165) is 29.8 Å². The zero-order chi connectivity index (χ0) is 20.5. The molecule has 1 aromatic carbocycles. The number of piperidine rings is 1. The van der Waals surface area contributed by atoms with Gasteiger partial charge in [0.1, 0.15) is 0 Å². The Morgan fingerprint density at radius 3 is 2.47 bits per heavy atom. The highest BCUT2D eigenvalue weighted by Gasteiger charge is 2.26. The van der Waals surface area contributed by atoms with Crippen molar-refractivity contribution in [2.45, 2.75) is 18.8 Å². The summed E-state index contributed by atoms with van der Waals surface area (Å²) in [5.74, 6) is 0.191. The predicted molar refractivity (Wildman–Crippen MR) is 113 cm³/mol. The molecular formula is C23H21N5O2. The van der Waals surface area contributed by atoms with Gasteiger partial charge in [0.25, 0.3) is 11.5 Å². The standard InChI is InChI=1S/C23H21N5O2/c29-22-15-19(25-21-14-20(26-28(21)22)16-4-2-1-3-5-16)17-8-12-27(13-9-17)23(30)18-6-10-24-11-7-18/h1-7,10-11,14-15,17,26H,8-9,12-13H2. The molecule has 0 saturated carbocycles. The molecule has 0 radical (unpaired) electrons. The minimum absolute atomic E-state index is 0.0254. The van der Waals surface area contributed by atoms with Crippen molar-refractivity contribution < 1.29 is 4.79 Å². The summed E-state index contributed by atoms with van der Waals surface area (Å²) in [4.78, 5) is 35.9. The highest BCUT2D eigenvalue weighted by molar-refractivity contribution is 5.94. The van der Waals surface area contributed by atoms with Crippen molar-refractivity contribution in [1.82, 2.24) is 24.5 Å². The zero-order valence-electron chi connectivity index (χ0n) is 16.4. The SMILES string of the molecule is O=C(c1ccncc1)N1CCC(c2cc(=O)n3[nH]c(-c4ccccc4)cc3n2)CC1. The van der Waals surface area contributed by atoms with Crippen molar-refractivity contribution in [2.24, 2.45) is 0 Å². The minimum atomic E-state index is -0.118. The van der Waals surface area contributed by atoms with E-state index in [2.05, 4.69) is 10.1 Å². The van der Waals surface area contributed by atoms with Crippen LogP contribution in [0.25, 0.3) is 16.9 Å². The summed E-state index contributed by atoms with van der Waals surface area (Å²) in [5.41, 5.74) is 3.82. The molecule has 3 aromatic heterocycles. The first kappa shape index (κ1) is 18.3. The molecule has 0 aliphatic carbocycles. The first-order chi connectivity index (χ1) is 14.7. The molecule has 0 atom stereocenters. The van der Waals surface area contributed by atoms with Crippen LogP contribution in [0.5, 0.6) is 0 Å². The van der Waals surface area contributed by atoms with Gasteiger partial charge in [-0.15, -0.1) is 0 Å². The number of hydrogen-bond acceptors (Lipinski definition) is 4. The summed E-state index contributed by atoms with van der Waals surface area (Å²) in [6, 6.07) is 16.9. The summed E-state index contributed by atoms with van der Waals surface area (Å²) in [6.45, 7) is 1.30. The summed E-state index contributed by atoms with van der Waals surface area (Å²) in [5, 5.41) is 3.13. The zero-order valence-corrected chi connectivity index (χ0v) is 16.4. The Morgan fingerprint density at radius 2 is 1.73 bits per heavy atom. The summed E-state index contributed by atoms with van der Waals surface area (Å²) in [6.07, 6.45) is 4.84. The number of fused-ring (bicyclic) bond motifs is 1. The van der Waals surface area contributed by atoms with Crippen LogP contribution in [0.1, 0.15) is 34.8 Å². The second kappa shape index (κ2) is 7.59. The molecule has 4 aromatic rings. The van der Waals surface area contributed by atoms with E-state index < -0.39 is 0 Å². The predicted octanol–water partition coefficient (Wildman–Crippen LogP) is 3.10. The highest BCUT2D eigenvalue weighted by atomic mass is 16.2. The molecule has 0 unspecified atom stereocenters. The van der Waals surface area contributed by atoms with E-state index in [1.807, 2.05) is 41.3 Å². The van der Waals surface area contributed by atoms with Gasteiger partial charge in [0.05, 0.1) is 11.4 Å². The topological polar surface area (TPSA) is 83.4 Å². The fourth-order valence-corrected chi connectivity index (χ4v) is 4.04. The molecule has 7 nitrogen and oxygen atoms in total. The number of benzene rings is 1. The number of pyridine rings is 1. The van der Waals surface area contributed by atoms with Gasteiger partial charge in [0.15, 0.2) is 5.65 Å². The van der Waals surface area contributed by atoms with Crippen molar-refractivity contribution in [1.29, 1.82) is 0 Å². The maximum Gasteiger partial charge on any atom is 0.272 e. The first-order valence-electron chi connectivity index (χ1n) is 10.1. The smallest absolute Gasteiger partial charge is 0.272 e. The van der Waals surface area contributed by atoms with Gasteiger partial charge in [-0.2, -0.15) is 0 Å². The lowest BCUT2D eigenvalue weighted by Gasteiger charge is -2.31. The maximum atomic E-state index is 12.7. The Labute approximate surface area is 173 Å². The van der Waals surface area contributed by atoms with Crippen LogP contribution in [0.4, 0.5) is 0 Å². The van der Waals surface area contributed by atoms with Crippen LogP contribution >= 0.6 is 0 Å². The van der Waals surface area contributed by atoms with Gasteiger partial charge < -0.3 is 4.90 Å². The second-order valence-electron chi connectivity index (χ2n) is 7.55. The number of aromatic amines is 1. The van der Waals surface area contributed by atoms with Gasteiger partial charge in [0.2, 0.25) is 0 Å². The van der Waals surface area contributed by atoms with Gasteiger partial charge in [-0.25, -0.2) is 9.50 Å². The minimum Gasteiger partial charge on any atom is -0.339 e. The van der Waals surface area contributed by atoms with Crippen LogP contribution in [0.2, 0.25) is 0 Å². The lowest BCUT2D eigenvalue weighted by Crippen LogP contribution is -2.38. The summed E-state index contributed by atoms with van der Waals surface area (Å²) in [7, 11) is 0. The normalized spacial score (nSPS) is 14.9. The van der Waals surface area contributed by atoms with E-state index in [1.54, 1.807) is 30.6 Å². The molecule has 1 N–H and O–H groups in total. The molecule has 1 fully saturated rings. The Kier molecular flexibility index (Phi) is 4.63. The quantitative estimate of drug-likeness (QED) is 0.574. The third-order valence-electron chi connectivity index (χ3n) is 5.68. The Hall–Kier alpha value is -3.74. The molecule has 5 rings (SSSR count). The van der Waals surface area contributed by atoms with Gasteiger partial charge in [-0.1, -0.05) is 30.3 Å². The van der Waals surface area contributed by atoms with Crippen LogP contribution in [0, 0.1) is 0 Å². The fraction of sp³-hybridized carbons (Fsp3) is 0.217. The summed E-state index contributed by atoms with van der Waals surface area (Å²) >= 11 is 0. The van der Waals surface area contributed by atoms with Crippen LogP contribution in [0.3, 0.4) is 0 Å². The number of hydrogen-bond donors (Lipinski definition) is 1. The number of H-pyrrole nitrogens is 1. The van der Waals surface area contributed by atoms with E-state index in [1.165, 1.54) is 4.52 Å². The van der Waals surface area contributed by atoms with Crippen LogP contribution in [-0.2, 0) is 0 Å². The van der Waals surface area contributed by atoms with Crippen LogP contribution in [-0.4, -0.2) is 43.5 Å². The molecule has 4 heterocycles. The highest BCUT2D eigenvalue weighted by Crippen LogP contribution is 2.27. The first-order valence-corrected chi connectivity index (χ1v) is 10.1. The largest absolute Gasteiger partial charge is 0.339 e. The van der Waals surface area contributed by atoms with E-state index in [-0.39, 0.29) is 17.4 Å². The number of nitrogens with one attached hydrogen (secondary N) is 1. The number of rotatable bonds is 3. The average molecular weight is 399 g/mol. The molecule has 7 heteroatoms. The van der Waals surface area contributed by atoms with E-state index in [4.69, 9.17) is 4.98 Å². The lowest BCUT2D eigenvalue weighted by molar-refractivity contribution is 0.0712. The number of carbonyl (C=O) groups is 1. The van der Waals surface area contributed by atoms with Crippen LogP contribution < -0.4 is 5.56 Å².